The van der Waals surface area contributed by atoms with Crippen LogP contribution in [0.25, 0.3) is 0 Å². The van der Waals surface area contributed by atoms with Crippen molar-refractivity contribution in [1.82, 2.24) is 0 Å². The van der Waals surface area contributed by atoms with E-state index < -0.39 is 25.1 Å². The van der Waals surface area contributed by atoms with Gasteiger partial charge in [0, 0.05) is 21.7 Å². The molecule has 0 unspecified atom stereocenters. The molecule has 0 saturated carbocycles. The average molecular weight is 360 g/mol. The summed E-state index contributed by atoms with van der Waals surface area (Å²) in [6, 6.07) is 0. The first-order valence-electron chi connectivity index (χ1n) is 6.89. The molecule has 0 rings (SSSR count). The predicted molar refractivity (Wildman–Crippen MR) is 91.5 cm³/mol. The van der Waals surface area contributed by atoms with Gasteiger partial charge in [0.05, 0.1) is 16.8 Å². The van der Waals surface area contributed by atoms with Crippen molar-refractivity contribution in [3.63, 3.8) is 0 Å². The molecule has 0 heterocycles. The molecule has 0 bridgehead atoms. The van der Waals surface area contributed by atoms with E-state index in [4.69, 9.17) is 20.1 Å². The van der Waals surface area contributed by atoms with E-state index >= 15 is 0 Å². The van der Waals surface area contributed by atoms with E-state index in [0.717, 1.165) is 0 Å². The number of hydrogen-bond acceptors (Lipinski definition) is 4. The van der Waals surface area contributed by atoms with E-state index in [2.05, 4.69) is 0 Å². The summed E-state index contributed by atoms with van der Waals surface area (Å²) < 4.78 is 0. The second-order valence-corrected chi connectivity index (χ2v) is 13.0. The maximum Gasteiger partial charge on any atom is 0.179 e. The number of hydrogen-bond donors (Lipinski definition) is 4. The van der Waals surface area contributed by atoms with E-state index in [-0.39, 0.29) is 21.7 Å². The minimum atomic E-state index is -1.61. The largest absolute Gasteiger partial charge is 0.433 e. The normalized spacial score (nSPS) is 11.4. The Labute approximate surface area is 149 Å². The van der Waals surface area contributed by atoms with Crippen LogP contribution in [0.15, 0.2) is 0 Å². The summed E-state index contributed by atoms with van der Waals surface area (Å²) >= 11 is 0. The quantitative estimate of drug-likeness (QED) is 0.500. The van der Waals surface area contributed by atoms with Gasteiger partial charge in [0.2, 0.25) is 0 Å². The summed E-state index contributed by atoms with van der Waals surface area (Å²) in [6.07, 6.45) is 0. The van der Waals surface area contributed by atoms with Crippen LogP contribution in [0.3, 0.4) is 0 Å². The van der Waals surface area contributed by atoms with E-state index in [1.54, 1.807) is 62.3 Å². The Hall–Kier alpha value is 0.771. The van der Waals surface area contributed by atoms with E-state index in [0.29, 0.717) is 0 Å². The molecule has 0 aliphatic rings. The summed E-state index contributed by atoms with van der Waals surface area (Å²) in [5.41, 5.74) is -1.50. The van der Waals surface area contributed by atoms with Gasteiger partial charge in [0.15, 0.2) is 8.32 Å². The zero-order chi connectivity index (χ0) is 18.0. The van der Waals surface area contributed by atoms with Crippen molar-refractivity contribution in [2.45, 2.75) is 98.8 Å². The Morgan fingerprint density at radius 3 is 0.524 bits per heavy atom. The van der Waals surface area contributed by atoms with Gasteiger partial charge in [-0.25, -0.2) is 0 Å². The Balaban J connectivity index is -0.0000000533. The minimum absolute atomic E-state index is 0. The van der Waals surface area contributed by atoms with Crippen molar-refractivity contribution in [1.29, 1.82) is 0 Å². The van der Waals surface area contributed by atoms with Crippen LogP contribution in [0, 0.1) is 0 Å². The molecule has 0 aliphatic carbocycles. The van der Waals surface area contributed by atoms with Gasteiger partial charge >= 0.3 is 0 Å². The predicted octanol–water partition coefficient (Wildman–Crippen LogP) is 3.14. The smallest absolute Gasteiger partial charge is 0.179 e. The standard InChI is InChI=1S/3C4H10O.C3H10OSi.Ti/c3*1-4(2,3)5;1-5(2,3)4;/h3*5H,1-3H3;4H,1-3H3;. The van der Waals surface area contributed by atoms with Crippen molar-refractivity contribution < 1.29 is 41.8 Å². The van der Waals surface area contributed by atoms with Crippen LogP contribution < -0.4 is 0 Å². The Morgan fingerprint density at radius 2 is 0.524 bits per heavy atom. The molecule has 0 amide bonds. The third-order valence-corrected chi connectivity index (χ3v) is 0. The van der Waals surface area contributed by atoms with Crippen molar-refractivity contribution in [3.8, 4) is 0 Å². The molecule has 0 radical (unpaired) electrons. The molecule has 4 N–H and O–H groups in total. The molecule has 6 heteroatoms. The maximum atomic E-state index is 8.66. The molecule has 0 aromatic rings. The second kappa shape index (κ2) is 13.2. The molecule has 0 fully saturated rings. The summed E-state index contributed by atoms with van der Waals surface area (Å²) in [5, 5.41) is 25.6. The van der Waals surface area contributed by atoms with Crippen molar-refractivity contribution in [2.24, 2.45) is 0 Å². The van der Waals surface area contributed by atoms with E-state index in [9.17, 15) is 0 Å². The Morgan fingerprint density at radius 1 is 0.524 bits per heavy atom. The molecule has 0 saturated heterocycles. The summed E-state index contributed by atoms with van der Waals surface area (Å²) in [7, 11) is -1.61. The fourth-order valence-corrected chi connectivity index (χ4v) is 0. The van der Waals surface area contributed by atoms with Crippen LogP contribution >= 0.6 is 0 Å². The second-order valence-electron chi connectivity index (χ2n) is 8.68. The molecule has 21 heavy (non-hydrogen) atoms. The first-order valence-corrected chi connectivity index (χ1v) is 10.3. The van der Waals surface area contributed by atoms with Gasteiger partial charge in [-0.05, 0) is 82.0 Å². The van der Waals surface area contributed by atoms with Crippen molar-refractivity contribution in [3.05, 3.63) is 0 Å². The number of rotatable bonds is 0. The third-order valence-electron chi connectivity index (χ3n) is 0. The summed E-state index contributed by atoms with van der Waals surface area (Å²) in [4.78, 5) is 8.66. The van der Waals surface area contributed by atoms with Gasteiger partial charge < -0.3 is 20.1 Å². The maximum absolute atomic E-state index is 8.66. The first-order chi connectivity index (χ1) is 8.00. The molecule has 0 atom stereocenters. The van der Waals surface area contributed by atoms with Crippen LogP contribution in [0.4, 0.5) is 0 Å². The third kappa shape index (κ3) is 12300. The first kappa shape index (κ1) is 33.4. The fourth-order valence-electron chi connectivity index (χ4n) is 0. The van der Waals surface area contributed by atoms with E-state index in [1.165, 1.54) is 0 Å². The topological polar surface area (TPSA) is 80.9 Å². The molecular formula is C15H40O4SiTi. The molecule has 0 aliphatic heterocycles. The van der Waals surface area contributed by atoms with Crippen molar-refractivity contribution in [2.75, 3.05) is 0 Å². The Bertz CT molecular complexity index is 136. The average Bonchev–Trinajstić information content (AvgIpc) is 1.62. The molecule has 0 spiro atoms. The van der Waals surface area contributed by atoms with Gasteiger partial charge in [-0.15, -0.1) is 0 Å². The van der Waals surface area contributed by atoms with Crippen molar-refractivity contribution >= 4 is 8.32 Å². The van der Waals surface area contributed by atoms with E-state index in [1.807, 2.05) is 19.6 Å². The zero-order valence-electron chi connectivity index (χ0n) is 16.3. The minimum Gasteiger partial charge on any atom is -0.433 e. The van der Waals surface area contributed by atoms with Gasteiger partial charge in [-0.1, -0.05) is 0 Å². The molecule has 4 nitrogen and oxygen atoms in total. The van der Waals surface area contributed by atoms with Gasteiger partial charge in [0.25, 0.3) is 0 Å². The molecule has 0 aromatic heterocycles. The summed E-state index contributed by atoms with van der Waals surface area (Å²) in [6.45, 7) is 21.3. The molecule has 132 valence electrons. The van der Waals surface area contributed by atoms with Crippen LogP contribution in [-0.2, 0) is 21.7 Å². The van der Waals surface area contributed by atoms with Gasteiger partial charge in [0.1, 0.15) is 0 Å². The van der Waals surface area contributed by atoms with Crippen LogP contribution in [0.2, 0.25) is 19.6 Å². The fraction of sp³-hybridized carbons (Fsp3) is 1.00. The van der Waals surface area contributed by atoms with Crippen LogP contribution in [0.1, 0.15) is 62.3 Å². The van der Waals surface area contributed by atoms with Gasteiger partial charge in [-0.2, -0.15) is 0 Å². The Kier molecular flexibility index (Phi) is 21.0. The summed E-state index contributed by atoms with van der Waals surface area (Å²) in [5.74, 6) is 0. The molecule has 0 aromatic carbocycles. The number of aliphatic hydroxyl groups is 3. The monoisotopic (exact) mass is 360 g/mol. The molecular weight excluding hydrogens is 320 g/mol. The van der Waals surface area contributed by atoms with Crippen LogP contribution in [-0.4, -0.2) is 45.2 Å². The zero-order valence-corrected chi connectivity index (χ0v) is 18.9. The SMILES string of the molecule is CC(C)(C)O.CC(C)(C)O.CC(C)(C)O.C[Si](C)(C)O.[Ti]. The van der Waals surface area contributed by atoms with Gasteiger partial charge in [-0.3, -0.25) is 0 Å². The van der Waals surface area contributed by atoms with Crippen LogP contribution in [0.5, 0.6) is 0 Å².